The Kier molecular flexibility index (Phi) is 8.51. The lowest BCUT2D eigenvalue weighted by Crippen LogP contribution is -2.31. The van der Waals surface area contributed by atoms with Crippen LogP contribution in [-0.4, -0.2) is 36.5 Å². The number of halogens is 1. The number of hydrogen-bond donors (Lipinski definition) is 1. The van der Waals surface area contributed by atoms with E-state index in [0.717, 1.165) is 59.7 Å². The number of amides is 1. The zero-order valence-electron chi connectivity index (χ0n) is 23.0. The lowest BCUT2D eigenvalue weighted by atomic mass is 9.80. The van der Waals surface area contributed by atoms with Gasteiger partial charge < -0.3 is 14.6 Å². The van der Waals surface area contributed by atoms with Gasteiger partial charge in [0.15, 0.2) is 0 Å². The maximum Gasteiger partial charge on any atom is 0.254 e. The van der Waals surface area contributed by atoms with Crippen molar-refractivity contribution in [1.82, 2.24) is 15.3 Å². The van der Waals surface area contributed by atoms with Crippen molar-refractivity contribution in [3.63, 3.8) is 0 Å². The van der Waals surface area contributed by atoms with Gasteiger partial charge in [-0.25, -0.2) is 9.97 Å². The number of rotatable bonds is 9. The molecule has 1 aliphatic carbocycles. The maximum absolute atomic E-state index is 12.9. The molecule has 2 aromatic carbocycles. The van der Waals surface area contributed by atoms with E-state index in [4.69, 9.17) is 26.0 Å². The Morgan fingerprint density at radius 1 is 1.03 bits per heavy atom. The highest BCUT2D eigenvalue weighted by Gasteiger charge is 2.23. The van der Waals surface area contributed by atoms with E-state index in [9.17, 15) is 4.79 Å². The van der Waals surface area contributed by atoms with E-state index in [0.29, 0.717) is 34.6 Å². The summed E-state index contributed by atoms with van der Waals surface area (Å²) in [4.78, 5) is 24.6. The van der Waals surface area contributed by atoms with Gasteiger partial charge in [0.1, 0.15) is 23.2 Å². The molecule has 1 saturated carbocycles. The van der Waals surface area contributed by atoms with Crippen molar-refractivity contribution in [1.29, 1.82) is 0 Å². The molecule has 1 amide bonds. The van der Waals surface area contributed by atoms with Gasteiger partial charge in [0, 0.05) is 43.0 Å². The molecule has 0 spiro atoms. The predicted octanol–water partition coefficient (Wildman–Crippen LogP) is 7.48. The van der Waals surface area contributed by atoms with Crippen LogP contribution >= 0.6 is 11.6 Å². The zero-order valence-corrected chi connectivity index (χ0v) is 23.8. The quantitative estimate of drug-likeness (QED) is 0.236. The number of nitrogens with one attached hydrogen (secondary N) is 1. The van der Waals surface area contributed by atoms with Crippen LogP contribution in [0.15, 0.2) is 59.0 Å². The Bertz CT molecular complexity index is 1420. The number of fused-ring (bicyclic) bond motifs is 1. The number of furan rings is 1. The van der Waals surface area contributed by atoms with Crippen LogP contribution in [0.5, 0.6) is 0 Å². The van der Waals surface area contributed by atoms with Crippen LogP contribution in [0.1, 0.15) is 60.5 Å². The van der Waals surface area contributed by atoms with Crippen molar-refractivity contribution in [3.8, 4) is 11.3 Å². The standard InChI is InChI=1S/C32H37ClN4O2/c1-21-27(19-29(39-21)24-15-17-25(33)18-16-24)32(38)34-20-23-13-11-22(12-14-23)7-6-10-30-35-28-9-5-4-8-26(28)31(36-30)37(2)3/h4-5,8-9,15-19,22-23H,6-7,10-14,20H2,1-3H3,(H,34,38). The first-order valence-corrected chi connectivity index (χ1v) is 14.3. The van der Waals surface area contributed by atoms with Crippen molar-refractivity contribution >= 4 is 34.2 Å². The molecule has 0 aliphatic heterocycles. The molecule has 0 bridgehead atoms. The second-order valence-corrected chi connectivity index (χ2v) is 11.4. The molecule has 39 heavy (non-hydrogen) atoms. The van der Waals surface area contributed by atoms with Crippen LogP contribution in [0.3, 0.4) is 0 Å². The first-order valence-electron chi connectivity index (χ1n) is 13.9. The number of aryl methyl sites for hydroxylation is 2. The first-order chi connectivity index (χ1) is 18.9. The van der Waals surface area contributed by atoms with E-state index < -0.39 is 0 Å². The molecule has 4 aromatic rings. The highest BCUT2D eigenvalue weighted by atomic mass is 35.5. The summed E-state index contributed by atoms with van der Waals surface area (Å²) in [6.45, 7) is 2.55. The summed E-state index contributed by atoms with van der Waals surface area (Å²) in [7, 11) is 4.07. The molecule has 5 rings (SSSR count). The molecule has 0 unspecified atom stereocenters. The fraction of sp³-hybridized carbons (Fsp3) is 0.406. The number of benzene rings is 2. The second kappa shape index (κ2) is 12.2. The minimum atomic E-state index is -0.0638. The van der Waals surface area contributed by atoms with Gasteiger partial charge in [0.2, 0.25) is 0 Å². The number of anilines is 1. The molecule has 1 aliphatic rings. The molecule has 7 heteroatoms. The summed E-state index contributed by atoms with van der Waals surface area (Å²) in [6.07, 6.45) is 7.96. The van der Waals surface area contributed by atoms with Gasteiger partial charge in [0.05, 0.1) is 11.1 Å². The van der Waals surface area contributed by atoms with Gasteiger partial charge in [-0.1, -0.05) is 43.0 Å². The summed E-state index contributed by atoms with van der Waals surface area (Å²) < 4.78 is 5.86. The van der Waals surface area contributed by atoms with Crippen LogP contribution in [0, 0.1) is 18.8 Å². The average molecular weight is 545 g/mol. The van der Waals surface area contributed by atoms with Crippen molar-refractivity contribution in [3.05, 3.63) is 76.8 Å². The summed E-state index contributed by atoms with van der Waals surface area (Å²) in [6, 6.07) is 17.5. The minimum absolute atomic E-state index is 0.0638. The largest absolute Gasteiger partial charge is 0.461 e. The number of carbonyl (C=O) groups is 1. The zero-order chi connectivity index (χ0) is 27.4. The molecule has 0 atom stereocenters. The monoisotopic (exact) mass is 544 g/mol. The molecule has 1 fully saturated rings. The smallest absolute Gasteiger partial charge is 0.254 e. The topological polar surface area (TPSA) is 71.3 Å². The Hall–Kier alpha value is -3.38. The third kappa shape index (κ3) is 6.62. The molecular formula is C32H37ClN4O2. The average Bonchev–Trinajstić information content (AvgIpc) is 3.33. The molecule has 6 nitrogen and oxygen atoms in total. The molecule has 0 saturated heterocycles. The Labute approximate surface area is 235 Å². The summed E-state index contributed by atoms with van der Waals surface area (Å²) in [5.74, 6) is 4.44. The SMILES string of the molecule is Cc1oc(-c2ccc(Cl)cc2)cc1C(=O)NCC1CCC(CCCc2nc(N(C)C)c3ccccc3n2)CC1. The van der Waals surface area contributed by atoms with Crippen molar-refractivity contribution in [2.45, 2.75) is 51.9 Å². The highest BCUT2D eigenvalue weighted by Crippen LogP contribution is 2.32. The summed E-state index contributed by atoms with van der Waals surface area (Å²) in [5.41, 5.74) is 2.52. The van der Waals surface area contributed by atoms with Crippen molar-refractivity contribution in [2.75, 3.05) is 25.5 Å². The first kappa shape index (κ1) is 27.2. The lowest BCUT2D eigenvalue weighted by Gasteiger charge is -2.28. The number of aromatic nitrogens is 2. The fourth-order valence-electron chi connectivity index (χ4n) is 5.63. The van der Waals surface area contributed by atoms with E-state index in [1.165, 1.54) is 19.3 Å². The van der Waals surface area contributed by atoms with E-state index in [1.54, 1.807) is 0 Å². The van der Waals surface area contributed by atoms with Gasteiger partial charge in [-0.05, 0) is 80.5 Å². The van der Waals surface area contributed by atoms with Crippen LogP contribution in [0.2, 0.25) is 5.02 Å². The van der Waals surface area contributed by atoms with Crippen LogP contribution in [0.25, 0.3) is 22.2 Å². The van der Waals surface area contributed by atoms with Crippen LogP contribution < -0.4 is 10.2 Å². The Balaban J connectivity index is 1.07. The van der Waals surface area contributed by atoms with Crippen LogP contribution in [-0.2, 0) is 6.42 Å². The van der Waals surface area contributed by atoms with E-state index in [2.05, 4.69) is 22.3 Å². The molecule has 2 heterocycles. The lowest BCUT2D eigenvalue weighted by molar-refractivity contribution is 0.0939. The summed E-state index contributed by atoms with van der Waals surface area (Å²) in [5, 5.41) is 4.92. The minimum Gasteiger partial charge on any atom is -0.461 e. The molecule has 0 radical (unpaired) electrons. The van der Waals surface area contributed by atoms with Crippen molar-refractivity contribution < 1.29 is 9.21 Å². The number of para-hydroxylation sites is 1. The molecule has 1 N–H and O–H groups in total. The number of nitrogens with zero attached hydrogens (tertiary/aromatic N) is 3. The normalized spacial score (nSPS) is 17.3. The fourth-order valence-corrected chi connectivity index (χ4v) is 5.75. The molecule has 2 aromatic heterocycles. The maximum atomic E-state index is 12.9. The van der Waals surface area contributed by atoms with E-state index >= 15 is 0 Å². The van der Waals surface area contributed by atoms with Crippen LogP contribution in [0.4, 0.5) is 5.82 Å². The van der Waals surface area contributed by atoms with Gasteiger partial charge in [0.25, 0.3) is 5.91 Å². The Morgan fingerprint density at radius 3 is 2.49 bits per heavy atom. The van der Waals surface area contributed by atoms with E-state index in [-0.39, 0.29) is 5.91 Å². The van der Waals surface area contributed by atoms with Gasteiger partial charge in [-0.2, -0.15) is 0 Å². The van der Waals surface area contributed by atoms with E-state index in [1.807, 2.05) is 63.5 Å². The number of carbonyl (C=O) groups excluding carboxylic acids is 1. The van der Waals surface area contributed by atoms with Crippen molar-refractivity contribution in [2.24, 2.45) is 11.8 Å². The predicted molar refractivity (Wildman–Crippen MR) is 158 cm³/mol. The van der Waals surface area contributed by atoms with Gasteiger partial charge in [-0.3, -0.25) is 4.79 Å². The van der Waals surface area contributed by atoms with Gasteiger partial charge in [-0.15, -0.1) is 0 Å². The summed E-state index contributed by atoms with van der Waals surface area (Å²) >= 11 is 5.99. The third-order valence-corrected chi connectivity index (χ3v) is 8.13. The number of hydrogen-bond acceptors (Lipinski definition) is 5. The third-order valence-electron chi connectivity index (χ3n) is 7.87. The Morgan fingerprint density at radius 2 is 1.74 bits per heavy atom. The molecular weight excluding hydrogens is 508 g/mol. The second-order valence-electron chi connectivity index (χ2n) is 11.0. The molecule has 204 valence electrons. The van der Waals surface area contributed by atoms with Gasteiger partial charge >= 0.3 is 0 Å². The highest BCUT2D eigenvalue weighted by molar-refractivity contribution is 6.30.